The number of rotatable bonds is 2. The van der Waals surface area contributed by atoms with E-state index < -0.39 is 0 Å². The zero-order valence-electron chi connectivity index (χ0n) is 11.1. The number of phenols is 1. The Labute approximate surface area is 121 Å². The second kappa shape index (κ2) is 5.30. The summed E-state index contributed by atoms with van der Waals surface area (Å²) in [6.07, 6.45) is 0. The fourth-order valence-corrected chi connectivity index (χ4v) is 2.47. The van der Waals surface area contributed by atoms with E-state index in [9.17, 15) is 5.11 Å². The predicted molar refractivity (Wildman–Crippen MR) is 78.2 cm³/mol. The lowest BCUT2D eigenvalue weighted by molar-refractivity contribution is 0.475. The molecule has 1 saturated heterocycles. The molecule has 3 N–H and O–H groups in total. The first-order chi connectivity index (χ1) is 9.63. The van der Waals surface area contributed by atoms with Crippen LogP contribution in [0.4, 0.5) is 5.95 Å². The van der Waals surface area contributed by atoms with Crippen molar-refractivity contribution in [2.75, 3.05) is 24.5 Å². The molecule has 1 aromatic heterocycles. The van der Waals surface area contributed by atoms with Gasteiger partial charge in [0.05, 0.1) is 5.02 Å². The summed E-state index contributed by atoms with van der Waals surface area (Å²) in [5.74, 6) is 1.40. The van der Waals surface area contributed by atoms with Crippen LogP contribution in [0.1, 0.15) is 6.92 Å². The normalized spacial score (nSPS) is 19.3. The van der Waals surface area contributed by atoms with Crippen molar-refractivity contribution in [2.24, 2.45) is 0 Å². The Hall–Kier alpha value is -1.79. The number of H-pyrrole nitrogens is 1. The Morgan fingerprint density at radius 3 is 3.05 bits per heavy atom. The second-order valence-electron chi connectivity index (χ2n) is 4.95. The Bertz CT molecular complexity index is 615. The summed E-state index contributed by atoms with van der Waals surface area (Å²) in [6, 6.07) is 5.40. The second-order valence-corrected chi connectivity index (χ2v) is 5.36. The van der Waals surface area contributed by atoms with Gasteiger partial charge in [-0.25, -0.2) is 0 Å². The monoisotopic (exact) mass is 293 g/mol. The molecule has 1 aromatic carbocycles. The number of aromatic hydroxyl groups is 1. The number of benzene rings is 1. The lowest BCUT2D eigenvalue weighted by Crippen LogP contribution is -2.49. The van der Waals surface area contributed by atoms with E-state index in [4.69, 9.17) is 11.6 Å². The number of aromatic amines is 1. The number of halogens is 1. The molecular weight excluding hydrogens is 278 g/mol. The molecule has 0 unspecified atom stereocenters. The first-order valence-corrected chi connectivity index (χ1v) is 6.91. The standard InChI is InChI=1S/C13H16ClN5O/c1-8-7-19(5-4-15-8)13-16-12(17-18-13)9-2-3-11(20)10(14)6-9/h2-3,6,8,15,20H,4-5,7H2,1H3,(H,16,17,18)/t8-/m0/s1. The van der Waals surface area contributed by atoms with E-state index in [1.54, 1.807) is 18.2 Å². The highest BCUT2D eigenvalue weighted by atomic mass is 35.5. The summed E-state index contributed by atoms with van der Waals surface area (Å²) in [5, 5.41) is 20.3. The van der Waals surface area contributed by atoms with E-state index >= 15 is 0 Å². The van der Waals surface area contributed by atoms with E-state index in [-0.39, 0.29) is 5.75 Å². The van der Waals surface area contributed by atoms with Gasteiger partial charge >= 0.3 is 0 Å². The molecule has 1 fully saturated rings. The molecule has 3 rings (SSSR count). The van der Waals surface area contributed by atoms with Crippen LogP contribution >= 0.6 is 11.6 Å². The van der Waals surface area contributed by atoms with E-state index in [1.807, 2.05) is 0 Å². The lowest BCUT2D eigenvalue weighted by Gasteiger charge is -2.30. The highest BCUT2D eigenvalue weighted by molar-refractivity contribution is 6.32. The number of phenolic OH excluding ortho intramolecular Hbond substituents is 1. The summed E-state index contributed by atoms with van der Waals surface area (Å²) in [7, 11) is 0. The third kappa shape index (κ3) is 2.57. The topological polar surface area (TPSA) is 77.1 Å². The van der Waals surface area contributed by atoms with Crippen molar-refractivity contribution in [3.63, 3.8) is 0 Å². The fraction of sp³-hybridized carbons (Fsp3) is 0.385. The van der Waals surface area contributed by atoms with Crippen LogP contribution in [0.15, 0.2) is 18.2 Å². The van der Waals surface area contributed by atoms with Gasteiger partial charge in [0.15, 0.2) is 5.82 Å². The van der Waals surface area contributed by atoms with Gasteiger partial charge in [0.25, 0.3) is 0 Å². The number of hydrogen-bond donors (Lipinski definition) is 3. The molecule has 1 aliphatic heterocycles. The summed E-state index contributed by atoms with van der Waals surface area (Å²) in [5.41, 5.74) is 0.801. The Balaban J connectivity index is 1.84. The van der Waals surface area contributed by atoms with Gasteiger partial charge in [0, 0.05) is 31.2 Å². The predicted octanol–water partition coefficient (Wildman–Crippen LogP) is 1.63. The van der Waals surface area contributed by atoms with Gasteiger partial charge in [-0.15, -0.1) is 5.10 Å². The molecule has 0 aliphatic carbocycles. The highest BCUT2D eigenvalue weighted by Crippen LogP contribution is 2.28. The third-order valence-corrected chi connectivity index (χ3v) is 3.65. The number of nitrogens with zero attached hydrogens (tertiary/aromatic N) is 3. The van der Waals surface area contributed by atoms with E-state index in [0.717, 1.165) is 25.2 Å². The molecule has 7 heteroatoms. The van der Waals surface area contributed by atoms with E-state index in [0.29, 0.717) is 22.8 Å². The number of hydrogen-bond acceptors (Lipinski definition) is 5. The first kappa shape index (κ1) is 13.2. The van der Waals surface area contributed by atoms with E-state index in [1.165, 1.54) is 0 Å². The molecule has 0 radical (unpaired) electrons. The van der Waals surface area contributed by atoms with Gasteiger partial charge in [-0.1, -0.05) is 11.6 Å². The molecule has 6 nitrogen and oxygen atoms in total. The van der Waals surface area contributed by atoms with E-state index in [2.05, 4.69) is 32.3 Å². The fourth-order valence-electron chi connectivity index (χ4n) is 2.29. The smallest absolute Gasteiger partial charge is 0.245 e. The van der Waals surface area contributed by atoms with Crippen molar-refractivity contribution in [3.8, 4) is 17.1 Å². The summed E-state index contributed by atoms with van der Waals surface area (Å²) < 4.78 is 0. The van der Waals surface area contributed by atoms with Gasteiger partial charge < -0.3 is 15.3 Å². The summed E-state index contributed by atoms with van der Waals surface area (Å²) in [6.45, 7) is 4.83. The molecule has 1 aliphatic rings. The lowest BCUT2D eigenvalue weighted by atomic mass is 10.2. The van der Waals surface area contributed by atoms with Crippen molar-refractivity contribution in [1.82, 2.24) is 20.5 Å². The molecule has 0 amide bonds. The molecule has 0 saturated carbocycles. The molecule has 0 spiro atoms. The van der Waals surface area contributed by atoms with Crippen LogP contribution in [0, 0.1) is 0 Å². The minimum Gasteiger partial charge on any atom is -0.506 e. The molecular formula is C13H16ClN5O. The zero-order valence-corrected chi connectivity index (χ0v) is 11.9. The minimum absolute atomic E-state index is 0.0612. The zero-order chi connectivity index (χ0) is 14.1. The van der Waals surface area contributed by atoms with Gasteiger partial charge in [-0.2, -0.15) is 4.98 Å². The Morgan fingerprint density at radius 1 is 1.45 bits per heavy atom. The molecule has 2 heterocycles. The summed E-state index contributed by atoms with van der Waals surface area (Å²) in [4.78, 5) is 6.64. The molecule has 1 atom stereocenters. The summed E-state index contributed by atoms with van der Waals surface area (Å²) >= 11 is 5.91. The minimum atomic E-state index is 0.0612. The van der Waals surface area contributed by atoms with Crippen LogP contribution in [0.3, 0.4) is 0 Å². The van der Waals surface area contributed by atoms with Crippen LogP contribution < -0.4 is 10.2 Å². The number of anilines is 1. The van der Waals surface area contributed by atoms with Crippen LogP contribution in [-0.4, -0.2) is 46.0 Å². The Morgan fingerprint density at radius 2 is 2.30 bits per heavy atom. The number of aromatic nitrogens is 3. The molecule has 2 aromatic rings. The average molecular weight is 294 g/mol. The average Bonchev–Trinajstić information content (AvgIpc) is 2.92. The number of nitrogens with one attached hydrogen (secondary N) is 2. The van der Waals surface area contributed by atoms with Gasteiger partial charge in [-0.05, 0) is 25.1 Å². The highest BCUT2D eigenvalue weighted by Gasteiger charge is 2.19. The van der Waals surface area contributed by atoms with Crippen molar-refractivity contribution in [3.05, 3.63) is 23.2 Å². The largest absolute Gasteiger partial charge is 0.506 e. The molecule has 20 heavy (non-hydrogen) atoms. The van der Waals surface area contributed by atoms with Crippen molar-refractivity contribution < 1.29 is 5.11 Å². The van der Waals surface area contributed by atoms with Gasteiger partial charge in [0.1, 0.15) is 5.75 Å². The van der Waals surface area contributed by atoms with Crippen molar-refractivity contribution in [2.45, 2.75) is 13.0 Å². The van der Waals surface area contributed by atoms with Crippen molar-refractivity contribution >= 4 is 17.5 Å². The van der Waals surface area contributed by atoms with Crippen molar-refractivity contribution in [1.29, 1.82) is 0 Å². The van der Waals surface area contributed by atoms with Crippen LogP contribution in [0.25, 0.3) is 11.4 Å². The van der Waals surface area contributed by atoms with Crippen LogP contribution in [0.5, 0.6) is 5.75 Å². The third-order valence-electron chi connectivity index (χ3n) is 3.35. The molecule has 106 valence electrons. The maximum absolute atomic E-state index is 9.44. The quantitative estimate of drug-likeness (QED) is 0.784. The van der Waals surface area contributed by atoms with Crippen LogP contribution in [-0.2, 0) is 0 Å². The first-order valence-electron chi connectivity index (χ1n) is 6.53. The van der Waals surface area contributed by atoms with Crippen LogP contribution in [0.2, 0.25) is 5.02 Å². The maximum Gasteiger partial charge on any atom is 0.245 e. The molecule has 0 bridgehead atoms. The number of piperazine rings is 1. The maximum atomic E-state index is 9.44. The Kier molecular flexibility index (Phi) is 3.50. The van der Waals surface area contributed by atoms with Gasteiger partial charge in [0.2, 0.25) is 5.95 Å². The van der Waals surface area contributed by atoms with Gasteiger partial charge in [-0.3, -0.25) is 5.10 Å². The SMILES string of the molecule is C[C@H]1CN(c2n[nH]c(-c3ccc(O)c(Cl)c3)n2)CCN1.